The third-order valence-corrected chi connectivity index (χ3v) is 9.86. The highest BCUT2D eigenvalue weighted by Crippen LogP contribution is 2.27. The molecule has 0 saturated carbocycles. The van der Waals surface area contributed by atoms with E-state index in [4.69, 9.17) is 33.2 Å². The third kappa shape index (κ3) is 17.6. The van der Waals surface area contributed by atoms with Gasteiger partial charge in [0.25, 0.3) is 0 Å². The molecule has 0 aliphatic rings. The first kappa shape index (κ1) is 50.6. The second kappa shape index (κ2) is 27.9. The molecule has 0 amide bonds. The van der Waals surface area contributed by atoms with Gasteiger partial charge < -0.3 is 33.2 Å². The minimum atomic E-state index is -0.799. The van der Waals surface area contributed by atoms with Crippen molar-refractivity contribution < 1.29 is 57.1 Å². The van der Waals surface area contributed by atoms with Crippen LogP contribution in [0, 0.1) is 23.7 Å². The van der Waals surface area contributed by atoms with E-state index in [2.05, 4.69) is 36.8 Å². The van der Waals surface area contributed by atoms with Crippen LogP contribution in [0.15, 0.2) is 141 Å². The number of hydrogen-bond acceptors (Lipinski definition) is 12. The van der Waals surface area contributed by atoms with Gasteiger partial charge in [-0.25, -0.2) is 24.0 Å². The lowest BCUT2D eigenvalue weighted by atomic mass is 10.1. The summed E-state index contributed by atoms with van der Waals surface area (Å²) < 4.78 is 37.6. The molecule has 0 saturated heterocycles. The molecule has 0 aliphatic heterocycles. The SMILES string of the molecule is C=CC(=O)OCCCCCCOc1ccc(C#Cc2ccc(C(=O)Oc3ccc(OC(=O)c4ccc(C#Cc5ccc(OCCCCCCOC(=O)C=C)cc5)cc4)c(C(=O)OC)c3)cc2)cc1. The second-order valence-corrected chi connectivity index (χ2v) is 14.9. The maximum absolute atomic E-state index is 13.1. The number of ether oxygens (including phenoxy) is 7. The molecule has 5 rings (SSSR count). The molecular formula is C56H52O12. The number of esters is 5. The van der Waals surface area contributed by atoms with Crippen LogP contribution < -0.4 is 18.9 Å². The fraction of sp³-hybridized carbons (Fsp3) is 0.232. The van der Waals surface area contributed by atoms with Crippen LogP contribution in [0.25, 0.3) is 0 Å². The summed E-state index contributed by atoms with van der Waals surface area (Å²) >= 11 is 0. The second-order valence-electron chi connectivity index (χ2n) is 14.9. The molecule has 0 aromatic heterocycles. The molecule has 0 atom stereocenters. The number of rotatable bonds is 23. The van der Waals surface area contributed by atoms with Gasteiger partial charge in [-0.3, -0.25) is 0 Å². The van der Waals surface area contributed by atoms with Crippen LogP contribution in [0.1, 0.15) is 105 Å². The molecule has 0 heterocycles. The van der Waals surface area contributed by atoms with Crippen molar-refractivity contribution >= 4 is 29.8 Å². The van der Waals surface area contributed by atoms with Gasteiger partial charge in [-0.2, -0.15) is 0 Å². The first-order valence-corrected chi connectivity index (χ1v) is 22.1. The molecule has 0 aliphatic carbocycles. The number of hydrogen-bond donors (Lipinski definition) is 0. The lowest BCUT2D eigenvalue weighted by Gasteiger charge is -2.11. The zero-order valence-electron chi connectivity index (χ0n) is 37.9. The Kier molecular flexibility index (Phi) is 20.7. The van der Waals surface area contributed by atoms with Gasteiger partial charge in [0.05, 0.1) is 44.7 Å². The van der Waals surface area contributed by atoms with E-state index >= 15 is 0 Å². The maximum Gasteiger partial charge on any atom is 0.343 e. The number of carbonyl (C=O) groups excluding carboxylic acids is 5. The molecule has 0 fully saturated rings. The van der Waals surface area contributed by atoms with E-state index < -0.39 is 29.8 Å². The van der Waals surface area contributed by atoms with Gasteiger partial charge in [0.1, 0.15) is 28.6 Å². The summed E-state index contributed by atoms with van der Waals surface area (Å²) in [6, 6.07) is 32.0. The van der Waals surface area contributed by atoms with Crippen molar-refractivity contribution in [1.82, 2.24) is 0 Å². The maximum atomic E-state index is 13.1. The summed E-state index contributed by atoms with van der Waals surface area (Å²) in [6.07, 6.45) is 9.48. The van der Waals surface area contributed by atoms with Crippen molar-refractivity contribution in [2.75, 3.05) is 33.5 Å². The van der Waals surface area contributed by atoms with E-state index in [1.54, 1.807) is 48.5 Å². The van der Waals surface area contributed by atoms with Crippen LogP contribution >= 0.6 is 0 Å². The number of methoxy groups -OCH3 is 1. The zero-order chi connectivity index (χ0) is 48.4. The van der Waals surface area contributed by atoms with E-state index in [1.165, 1.54) is 25.3 Å². The molecule has 0 unspecified atom stereocenters. The highest BCUT2D eigenvalue weighted by atomic mass is 16.6. The fourth-order valence-corrected chi connectivity index (χ4v) is 6.15. The Morgan fingerprint density at radius 1 is 0.441 bits per heavy atom. The first-order chi connectivity index (χ1) is 33.1. The molecule has 0 spiro atoms. The van der Waals surface area contributed by atoms with E-state index in [1.807, 2.05) is 48.5 Å². The van der Waals surface area contributed by atoms with E-state index in [9.17, 15) is 24.0 Å². The van der Waals surface area contributed by atoms with Crippen molar-refractivity contribution in [1.29, 1.82) is 0 Å². The van der Waals surface area contributed by atoms with E-state index in [0.29, 0.717) is 37.6 Å². The van der Waals surface area contributed by atoms with E-state index in [-0.39, 0.29) is 28.2 Å². The van der Waals surface area contributed by atoms with Crippen molar-refractivity contribution in [3.63, 3.8) is 0 Å². The summed E-state index contributed by atoms with van der Waals surface area (Å²) in [5.74, 6) is 10.8. The predicted octanol–water partition coefficient (Wildman–Crippen LogP) is 10.0. The van der Waals surface area contributed by atoms with Crippen molar-refractivity contribution in [3.05, 3.63) is 180 Å². The fourth-order valence-electron chi connectivity index (χ4n) is 6.15. The van der Waals surface area contributed by atoms with Gasteiger partial charge in [0.15, 0.2) is 0 Å². The van der Waals surface area contributed by atoms with Crippen molar-refractivity contribution in [2.45, 2.75) is 51.4 Å². The predicted molar refractivity (Wildman–Crippen MR) is 256 cm³/mol. The molecule has 68 heavy (non-hydrogen) atoms. The highest BCUT2D eigenvalue weighted by Gasteiger charge is 2.20. The Morgan fingerprint density at radius 3 is 1.21 bits per heavy atom. The molecular weight excluding hydrogens is 865 g/mol. The summed E-state index contributed by atoms with van der Waals surface area (Å²) in [4.78, 5) is 61.1. The van der Waals surface area contributed by atoms with Crippen LogP contribution in [-0.2, 0) is 23.8 Å². The number of benzene rings is 5. The van der Waals surface area contributed by atoms with E-state index in [0.717, 1.165) is 86.1 Å². The van der Waals surface area contributed by atoms with Crippen molar-refractivity contribution in [2.24, 2.45) is 0 Å². The Morgan fingerprint density at radius 2 is 0.809 bits per heavy atom. The van der Waals surface area contributed by atoms with Crippen LogP contribution in [0.4, 0.5) is 0 Å². The molecule has 0 radical (unpaired) electrons. The van der Waals surface area contributed by atoms with Crippen LogP contribution in [0.2, 0.25) is 0 Å². The third-order valence-electron chi connectivity index (χ3n) is 9.86. The smallest absolute Gasteiger partial charge is 0.343 e. The monoisotopic (exact) mass is 916 g/mol. The lowest BCUT2D eigenvalue weighted by Crippen LogP contribution is -2.13. The lowest BCUT2D eigenvalue weighted by molar-refractivity contribution is -0.138. The average molecular weight is 917 g/mol. The molecule has 12 heteroatoms. The van der Waals surface area contributed by atoms with Crippen molar-refractivity contribution in [3.8, 4) is 46.7 Å². The Bertz CT molecular complexity index is 2620. The van der Waals surface area contributed by atoms with Gasteiger partial charge in [-0.05, 0) is 167 Å². The van der Waals surface area contributed by atoms with Gasteiger partial charge in [-0.1, -0.05) is 36.8 Å². The highest BCUT2D eigenvalue weighted by molar-refractivity contribution is 5.97. The van der Waals surface area contributed by atoms with Gasteiger partial charge >= 0.3 is 29.8 Å². The molecule has 12 nitrogen and oxygen atoms in total. The Labute approximate surface area is 396 Å². The Balaban J connectivity index is 1.06. The molecule has 5 aromatic carbocycles. The van der Waals surface area contributed by atoms with Crippen LogP contribution in [-0.4, -0.2) is 63.4 Å². The summed E-state index contributed by atoms with van der Waals surface area (Å²) in [6.45, 7) is 8.69. The molecule has 5 aromatic rings. The summed E-state index contributed by atoms with van der Waals surface area (Å²) in [5.41, 5.74) is 3.28. The van der Waals surface area contributed by atoms with Gasteiger partial charge in [-0.15, -0.1) is 0 Å². The molecule has 0 bridgehead atoms. The minimum absolute atomic E-state index is 0.0364. The van der Waals surface area contributed by atoms with Crippen LogP contribution in [0.5, 0.6) is 23.0 Å². The largest absolute Gasteiger partial charge is 0.494 e. The summed E-state index contributed by atoms with van der Waals surface area (Å²) in [5, 5.41) is 0. The van der Waals surface area contributed by atoms with Gasteiger partial charge in [0.2, 0.25) is 0 Å². The Hall–Kier alpha value is -8.35. The standard InChI is InChI=1S/C56H52O12/c1-4-52(57)65-38-12-8-6-10-36-63-47-30-22-43(23-31-47)16-14-41-18-26-45(27-19-41)54(59)67-49-34-35-51(50(40-49)56(61)62-3)68-55(60)46-28-20-42(21-29-46)15-17-44-24-32-48(33-25-44)64-37-11-7-9-13-39-66-53(58)5-2/h4-5,18-35,40H,1-2,6-13,36-39H2,3H3. The zero-order valence-corrected chi connectivity index (χ0v) is 37.9. The molecule has 0 N–H and O–H groups in total. The number of carbonyl (C=O) groups is 5. The average Bonchev–Trinajstić information content (AvgIpc) is 3.37. The number of unbranched alkanes of at least 4 members (excludes halogenated alkanes) is 6. The van der Waals surface area contributed by atoms with Crippen LogP contribution in [0.3, 0.4) is 0 Å². The summed E-state index contributed by atoms with van der Waals surface area (Å²) in [7, 11) is 1.19. The van der Waals surface area contributed by atoms with Gasteiger partial charge in [0, 0.05) is 34.4 Å². The molecule has 348 valence electrons. The normalized spacial score (nSPS) is 10.1. The first-order valence-electron chi connectivity index (χ1n) is 22.1. The quantitative estimate of drug-likeness (QED) is 0.0153. The topological polar surface area (TPSA) is 150 Å². The minimum Gasteiger partial charge on any atom is -0.494 e.